The van der Waals surface area contributed by atoms with Crippen molar-refractivity contribution in [3.63, 3.8) is 0 Å². The van der Waals surface area contributed by atoms with Crippen LogP contribution in [0.1, 0.15) is 30.4 Å². The summed E-state index contributed by atoms with van der Waals surface area (Å²) in [7, 11) is 2.16. The van der Waals surface area contributed by atoms with Crippen LogP contribution in [0.2, 0.25) is 5.02 Å². The zero-order chi connectivity index (χ0) is 12.7. The van der Waals surface area contributed by atoms with Crippen molar-refractivity contribution >= 4 is 27.5 Å². The second-order valence-electron chi connectivity index (χ2n) is 4.58. The number of benzene rings is 1. The van der Waals surface area contributed by atoms with Gasteiger partial charge in [-0.3, -0.25) is 0 Å². The van der Waals surface area contributed by atoms with Crippen LogP contribution in [0.15, 0.2) is 18.2 Å². The third-order valence-corrected chi connectivity index (χ3v) is 3.73. The number of rotatable bonds is 7. The van der Waals surface area contributed by atoms with Gasteiger partial charge in [-0.2, -0.15) is 0 Å². The Morgan fingerprint density at radius 2 is 2.00 bits per heavy atom. The molecule has 96 valence electrons. The molecular formula is C14H21BrClN. The Labute approximate surface area is 118 Å². The van der Waals surface area contributed by atoms with Crippen LogP contribution in [0.3, 0.4) is 0 Å². The molecule has 0 aromatic heterocycles. The van der Waals surface area contributed by atoms with Gasteiger partial charge in [-0.15, -0.1) is 0 Å². The van der Waals surface area contributed by atoms with Crippen LogP contribution >= 0.6 is 27.5 Å². The molecule has 1 aromatic rings. The minimum atomic E-state index is 0.886. The summed E-state index contributed by atoms with van der Waals surface area (Å²) in [5.74, 6) is 0. The van der Waals surface area contributed by atoms with Gasteiger partial charge < -0.3 is 4.90 Å². The van der Waals surface area contributed by atoms with Crippen molar-refractivity contribution in [2.75, 3.05) is 18.9 Å². The van der Waals surface area contributed by atoms with E-state index in [1.54, 1.807) is 0 Å². The van der Waals surface area contributed by atoms with Crippen molar-refractivity contribution in [3.05, 3.63) is 34.3 Å². The number of hydrogen-bond acceptors (Lipinski definition) is 1. The van der Waals surface area contributed by atoms with Gasteiger partial charge in [-0.05, 0) is 50.6 Å². The highest BCUT2D eigenvalue weighted by atomic mass is 79.9. The summed E-state index contributed by atoms with van der Waals surface area (Å²) in [6.07, 6.45) is 3.81. The second kappa shape index (κ2) is 8.12. The third kappa shape index (κ3) is 5.89. The van der Waals surface area contributed by atoms with E-state index in [0.717, 1.165) is 23.4 Å². The molecule has 0 spiro atoms. The molecule has 0 bridgehead atoms. The van der Waals surface area contributed by atoms with Gasteiger partial charge in [0.15, 0.2) is 0 Å². The van der Waals surface area contributed by atoms with Crippen LogP contribution in [-0.4, -0.2) is 23.8 Å². The SMILES string of the molecule is Cc1ccc(CN(C)CCCCCBr)c(Cl)c1. The number of aryl methyl sites for hydroxylation is 1. The quantitative estimate of drug-likeness (QED) is 0.522. The van der Waals surface area contributed by atoms with Crippen LogP contribution in [0.25, 0.3) is 0 Å². The molecule has 1 aromatic carbocycles. The first-order chi connectivity index (χ1) is 8.13. The maximum Gasteiger partial charge on any atom is 0.0453 e. The first-order valence-corrected chi connectivity index (χ1v) is 7.63. The summed E-state index contributed by atoms with van der Waals surface area (Å²) in [5.41, 5.74) is 2.44. The topological polar surface area (TPSA) is 3.24 Å². The largest absolute Gasteiger partial charge is 0.302 e. The fourth-order valence-corrected chi connectivity index (χ4v) is 2.49. The Bertz CT molecular complexity index is 341. The third-order valence-electron chi connectivity index (χ3n) is 2.82. The molecule has 0 atom stereocenters. The highest BCUT2D eigenvalue weighted by Crippen LogP contribution is 2.19. The van der Waals surface area contributed by atoms with Gasteiger partial charge >= 0.3 is 0 Å². The number of unbranched alkanes of at least 4 members (excludes halogenated alkanes) is 2. The molecule has 1 nitrogen and oxygen atoms in total. The molecule has 0 N–H and O–H groups in total. The summed E-state index contributed by atoms with van der Waals surface area (Å²) in [4.78, 5) is 2.34. The van der Waals surface area contributed by atoms with E-state index < -0.39 is 0 Å². The first-order valence-electron chi connectivity index (χ1n) is 6.13. The van der Waals surface area contributed by atoms with Crippen molar-refractivity contribution in [1.29, 1.82) is 0 Å². The van der Waals surface area contributed by atoms with E-state index in [-0.39, 0.29) is 0 Å². The van der Waals surface area contributed by atoms with Crippen LogP contribution in [0.4, 0.5) is 0 Å². The number of hydrogen-bond donors (Lipinski definition) is 0. The molecule has 0 saturated heterocycles. The van der Waals surface area contributed by atoms with Gasteiger partial charge in [0.05, 0.1) is 0 Å². The maximum absolute atomic E-state index is 6.22. The Morgan fingerprint density at radius 3 is 2.65 bits per heavy atom. The van der Waals surface area contributed by atoms with Crippen LogP contribution in [0.5, 0.6) is 0 Å². The lowest BCUT2D eigenvalue weighted by Gasteiger charge is -2.17. The van der Waals surface area contributed by atoms with E-state index in [1.165, 1.54) is 30.4 Å². The van der Waals surface area contributed by atoms with Crippen LogP contribution in [-0.2, 0) is 6.54 Å². The summed E-state index contributed by atoms with van der Waals surface area (Å²) >= 11 is 9.68. The van der Waals surface area contributed by atoms with E-state index >= 15 is 0 Å². The van der Waals surface area contributed by atoms with Gasteiger partial charge in [-0.25, -0.2) is 0 Å². The fourth-order valence-electron chi connectivity index (χ4n) is 1.80. The molecule has 3 heteroatoms. The molecule has 0 radical (unpaired) electrons. The lowest BCUT2D eigenvalue weighted by molar-refractivity contribution is 0.318. The molecule has 0 saturated carbocycles. The van der Waals surface area contributed by atoms with Crippen LogP contribution < -0.4 is 0 Å². The minimum Gasteiger partial charge on any atom is -0.302 e. The normalized spacial score (nSPS) is 11.1. The monoisotopic (exact) mass is 317 g/mol. The van der Waals surface area contributed by atoms with Crippen molar-refractivity contribution in [2.24, 2.45) is 0 Å². The van der Waals surface area contributed by atoms with E-state index in [2.05, 4.69) is 46.9 Å². The molecule has 0 heterocycles. The Morgan fingerprint density at radius 1 is 1.24 bits per heavy atom. The van der Waals surface area contributed by atoms with Gasteiger partial charge in [0, 0.05) is 16.9 Å². The zero-order valence-electron chi connectivity index (χ0n) is 10.7. The van der Waals surface area contributed by atoms with E-state index in [9.17, 15) is 0 Å². The zero-order valence-corrected chi connectivity index (χ0v) is 13.0. The average molecular weight is 319 g/mol. The first kappa shape index (κ1) is 15.0. The Kier molecular flexibility index (Phi) is 7.17. The predicted octanol–water partition coefficient (Wildman–Crippen LogP) is 4.65. The molecule has 0 unspecified atom stereocenters. The second-order valence-corrected chi connectivity index (χ2v) is 5.78. The molecule has 0 aliphatic heterocycles. The highest BCUT2D eigenvalue weighted by molar-refractivity contribution is 9.09. The molecule has 1 rings (SSSR count). The average Bonchev–Trinajstić information content (AvgIpc) is 2.28. The molecule has 17 heavy (non-hydrogen) atoms. The molecule has 0 aliphatic rings. The fraction of sp³-hybridized carbons (Fsp3) is 0.571. The van der Waals surface area contributed by atoms with Crippen molar-refractivity contribution in [1.82, 2.24) is 4.90 Å². The standard InChI is InChI=1S/C14H21BrClN/c1-12-6-7-13(14(16)10-12)11-17(2)9-5-3-4-8-15/h6-7,10H,3-5,8-9,11H2,1-2H3. The highest BCUT2D eigenvalue weighted by Gasteiger charge is 2.04. The van der Waals surface area contributed by atoms with Gasteiger partial charge in [0.1, 0.15) is 0 Å². The van der Waals surface area contributed by atoms with Crippen molar-refractivity contribution in [2.45, 2.75) is 32.7 Å². The lowest BCUT2D eigenvalue weighted by Crippen LogP contribution is -2.19. The van der Waals surface area contributed by atoms with E-state index in [4.69, 9.17) is 11.6 Å². The molecule has 0 fully saturated rings. The number of halogens is 2. The predicted molar refractivity (Wildman–Crippen MR) is 80.2 cm³/mol. The number of nitrogens with zero attached hydrogens (tertiary/aromatic N) is 1. The van der Waals surface area contributed by atoms with Gasteiger partial charge in [0.2, 0.25) is 0 Å². The van der Waals surface area contributed by atoms with Gasteiger partial charge in [0.25, 0.3) is 0 Å². The summed E-state index contributed by atoms with van der Waals surface area (Å²) in [5, 5.41) is 2.00. The maximum atomic E-state index is 6.22. The summed E-state index contributed by atoms with van der Waals surface area (Å²) in [6, 6.07) is 6.29. The molecule has 0 aliphatic carbocycles. The van der Waals surface area contributed by atoms with E-state index in [1.807, 2.05) is 6.07 Å². The summed E-state index contributed by atoms with van der Waals surface area (Å²) < 4.78 is 0. The van der Waals surface area contributed by atoms with Crippen LogP contribution in [0, 0.1) is 6.92 Å². The Hall–Kier alpha value is -0.0500. The van der Waals surface area contributed by atoms with Crippen molar-refractivity contribution < 1.29 is 0 Å². The van der Waals surface area contributed by atoms with Gasteiger partial charge in [-0.1, -0.05) is 46.1 Å². The number of alkyl halides is 1. The van der Waals surface area contributed by atoms with E-state index in [0.29, 0.717) is 0 Å². The molecule has 0 amide bonds. The Balaban J connectivity index is 2.37. The smallest absolute Gasteiger partial charge is 0.0453 e. The summed E-state index contributed by atoms with van der Waals surface area (Å²) in [6.45, 7) is 4.14. The van der Waals surface area contributed by atoms with Crippen molar-refractivity contribution in [3.8, 4) is 0 Å². The minimum absolute atomic E-state index is 0.886. The lowest BCUT2D eigenvalue weighted by atomic mass is 10.1. The molecular weight excluding hydrogens is 298 g/mol.